The number of carboxylic acids is 1. The predicted octanol–water partition coefficient (Wildman–Crippen LogP) is 2.74. The third-order valence-electron chi connectivity index (χ3n) is 2.36. The second-order valence-electron chi connectivity index (χ2n) is 3.57. The van der Waals surface area contributed by atoms with Crippen molar-refractivity contribution >= 4 is 23.4 Å². The van der Waals surface area contributed by atoms with E-state index in [0.29, 0.717) is 0 Å². The lowest BCUT2D eigenvalue weighted by Crippen LogP contribution is -2.00. The zero-order valence-corrected chi connectivity index (χ0v) is 9.66. The van der Waals surface area contributed by atoms with Gasteiger partial charge in [0.05, 0.1) is 5.02 Å². The van der Waals surface area contributed by atoms with Gasteiger partial charge in [0.15, 0.2) is 5.78 Å². The van der Waals surface area contributed by atoms with Crippen molar-refractivity contribution in [2.45, 2.75) is 0 Å². The molecule has 2 N–H and O–H groups in total. The van der Waals surface area contributed by atoms with Gasteiger partial charge < -0.3 is 10.1 Å². The Hall–Kier alpha value is -2.14. The van der Waals surface area contributed by atoms with Crippen LogP contribution < -0.4 is 0 Å². The Morgan fingerprint density at radius 1 is 1.22 bits per heavy atom. The summed E-state index contributed by atoms with van der Waals surface area (Å²) in [5.41, 5.74) is 0.148. The molecule has 18 heavy (non-hydrogen) atoms. The number of H-pyrrole nitrogens is 1. The molecule has 0 aliphatic carbocycles. The van der Waals surface area contributed by atoms with Crippen LogP contribution in [-0.2, 0) is 0 Å². The first-order chi connectivity index (χ1) is 8.49. The minimum absolute atomic E-state index is 0.0770. The molecule has 4 nitrogen and oxygen atoms in total. The Bertz CT molecular complexity index is 636. The van der Waals surface area contributed by atoms with Crippen LogP contribution in [0.3, 0.4) is 0 Å². The number of hydrogen-bond acceptors (Lipinski definition) is 2. The van der Waals surface area contributed by atoms with Crippen molar-refractivity contribution in [3.05, 3.63) is 58.1 Å². The number of rotatable bonds is 3. The van der Waals surface area contributed by atoms with Gasteiger partial charge in [0, 0.05) is 17.3 Å². The molecule has 0 aliphatic rings. The van der Waals surface area contributed by atoms with Crippen molar-refractivity contribution in [1.82, 2.24) is 4.98 Å². The summed E-state index contributed by atoms with van der Waals surface area (Å²) in [6.45, 7) is 0. The number of nitrogens with one attached hydrogen (secondary N) is 1. The Labute approximate surface area is 106 Å². The van der Waals surface area contributed by atoms with E-state index in [1.54, 1.807) is 0 Å². The normalized spacial score (nSPS) is 10.3. The molecule has 92 valence electrons. The fraction of sp³-hybridized carbons (Fsp3) is 0. The maximum atomic E-state index is 13.2. The topological polar surface area (TPSA) is 70.2 Å². The molecule has 1 heterocycles. The molecule has 0 radical (unpaired) electrons. The summed E-state index contributed by atoms with van der Waals surface area (Å²) in [7, 11) is 0. The number of hydrogen-bond donors (Lipinski definition) is 2. The van der Waals surface area contributed by atoms with Gasteiger partial charge in [0.1, 0.15) is 11.5 Å². The first-order valence-corrected chi connectivity index (χ1v) is 5.28. The fourth-order valence-electron chi connectivity index (χ4n) is 1.45. The third kappa shape index (κ3) is 2.26. The molecule has 0 spiro atoms. The standard InChI is InChI=1S/C12H7ClFNO3/c13-8-2-1-6(3-9(8)14)11(16)7-4-10(12(17)18)15-5-7/h1-5,15H,(H,17,18). The minimum atomic E-state index is -1.17. The Kier molecular flexibility index (Phi) is 3.16. The lowest BCUT2D eigenvalue weighted by atomic mass is 10.1. The number of aromatic amines is 1. The minimum Gasteiger partial charge on any atom is -0.477 e. The summed E-state index contributed by atoms with van der Waals surface area (Å²) >= 11 is 5.51. The second kappa shape index (κ2) is 4.62. The fourth-order valence-corrected chi connectivity index (χ4v) is 1.57. The quantitative estimate of drug-likeness (QED) is 0.840. The van der Waals surface area contributed by atoms with Crippen LogP contribution in [0.1, 0.15) is 26.4 Å². The predicted molar refractivity (Wildman–Crippen MR) is 62.6 cm³/mol. The van der Waals surface area contributed by atoms with Gasteiger partial charge in [-0.15, -0.1) is 0 Å². The lowest BCUT2D eigenvalue weighted by Gasteiger charge is -1.99. The zero-order valence-electron chi connectivity index (χ0n) is 8.91. The van der Waals surface area contributed by atoms with Crippen LogP contribution in [0, 0.1) is 5.82 Å². The second-order valence-corrected chi connectivity index (χ2v) is 3.97. The van der Waals surface area contributed by atoms with Crippen molar-refractivity contribution in [3.63, 3.8) is 0 Å². The van der Waals surface area contributed by atoms with Crippen molar-refractivity contribution in [2.24, 2.45) is 0 Å². The number of aromatic nitrogens is 1. The van der Waals surface area contributed by atoms with Gasteiger partial charge in [-0.25, -0.2) is 9.18 Å². The average Bonchev–Trinajstić information content (AvgIpc) is 2.81. The van der Waals surface area contributed by atoms with E-state index in [9.17, 15) is 14.0 Å². The largest absolute Gasteiger partial charge is 0.477 e. The number of carbonyl (C=O) groups is 2. The van der Waals surface area contributed by atoms with Crippen molar-refractivity contribution in [3.8, 4) is 0 Å². The molecular formula is C12H7ClFNO3. The molecule has 0 aliphatic heterocycles. The summed E-state index contributed by atoms with van der Waals surface area (Å²) < 4.78 is 13.2. The van der Waals surface area contributed by atoms with Crippen LogP contribution >= 0.6 is 11.6 Å². The van der Waals surface area contributed by atoms with E-state index in [1.807, 2.05) is 0 Å². The van der Waals surface area contributed by atoms with Crippen LogP contribution in [0.4, 0.5) is 4.39 Å². The first-order valence-electron chi connectivity index (χ1n) is 4.90. The number of halogens is 2. The van der Waals surface area contributed by atoms with Gasteiger partial charge >= 0.3 is 5.97 Å². The third-order valence-corrected chi connectivity index (χ3v) is 2.66. The van der Waals surface area contributed by atoms with Crippen LogP contribution in [0.5, 0.6) is 0 Å². The zero-order chi connectivity index (χ0) is 13.3. The van der Waals surface area contributed by atoms with E-state index in [4.69, 9.17) is 16.7 Å². The van der Waals surface area contributed by atoms with E-state index >= 15 is 0 Å². The van der Waals surface area contributed by atoms with Gasteiger partial charge in [-0.3, -0.25) is 4.79 Å². The first kappa shape index (κ1) is 12.3. The Balaban J connectivity index is 2.35. The summed E-state index contributed by atoms with van der Waals surface area (Å²) in [5, 5.41) is 8.63. The van der Waals surface area contributed by atoms with E-state index in [1.165, 1.54) is 24.4 Å². The molecule has 2 rings (SSSR count). The van der Waals surface area contributed by atoms with Crippen LogP contribution in [-0.4, -0.2) is 21.8 Å². The van der Waals surface area contributed by atoms with Crippen molar-refractivity contribution < 1.29 is 19.1 Å². The number of carboxylic acid groups (broad SMARTS) is 1. The maximum absolute atomic E-state index is 13.2. The monoisotopic (exact) mass is 267 g/mol. The van der Waals surface area contributed by atoms with Crippen molar-refractivity contribution in [1.29, 1.82) is 0 Å². The van der Waals surface area contributed by atoms with Crippen molar-refractivity contribution in [2.75, 3.05) is 0 Å². The van der Waals surface area contributed by atoms with E-state index in [2.05, 4.69) is 4.98 Å². The number of carbonyl (C=O) groups excluding carboxylic acids is 1. The Morgan fingerprint density at radius 2 is 1.94 bits per heavy atom. The molecule has 1 aromatic carbocycles. The van der Waals surface area contributed by atoms with Gasteiger partial charge in [-0.2, -0.15) is 0 Å². The van der Waals surface area contributed by atoms with Crippen LogP contribution in [0.15, 0.2) is 30.5 Å². The van der Waals surface area contributed by atoms with Gasteiger partial charge in [0.2, 0.25) is 0 Å². The maximum Gasteiger partial charge on any atom is 0.352 e. The lowest BCUT2D eigenvalue weighted by molar-refractivity contribution is 0.0691. The summed E-state index contributed by atoms with van der Waals surface area (Å²) in [4.78, 5) is 25.0. The number of ketones is 1. The Morgan fingerprint density at radius 3 is 2.50 bits per heavy atom. The smallest absolute Gasteiger partial charge is 0.352 e. The highest BCUT2D eigenvalue weighted by molar-refractivity contribution is 6.30. The molecule has 0 fully saturated rings. The average molecular weight is 268 g/mol. The van der Waals surface area contributed by atoms with E-state index < -0.39 is 17.6 Å². The van der Waals surface area contributed by atoms with E-state index in [-0.39, 0.29) is 21.8 Å². The molecule has 6 heteroatoms. The molecule has 0 saturated carbocycles. The summed E-state index contributed by atoms with van der Waals surface area (Å²) in [6, 6.07) is 4.85. The van der Waals surface area contributed by atoms with Gasteiger partial charge in [-0.1, -0.05) is 11.6 Å². The summed E-state index contributed by atoms with van der Waals surface area (Å²) in [5.74, 6) is -2.35. The molecule has 0 unspecified atom stereocenters. The SMILES string of the molecule is O=C(c1c[nH]c(C(=O)O)c1)c1ccc(Cl)c(F)c1. The molecule has 0 bridgehead atoms. The van der Waals surface area contributed by atoms with Crippen LogP contribution in [0.25, 0.3) is 0 Å². The molecule has 0 atom stereocenters. The summed E-state index contributed by atoms with van der Waals surface area (Å²) in [6.07, 6.45) is 1.26. The highest BCUT2D eigenvalue weighted by Crippen LogP contribution is 2.18. The molecular weight excluding hydrogens is 261 g/mol. The molecule has 0 amide bonds. The number of benzene rings is 1. The van der Waals surface area contributed by atoms with Gasteiger partial charge in [0.25, 0.3) is 0 Å². The molecule has 0 saturated heterocycles. The highest BCUT2D eigenvalue weighted by Gasteiger charge is 2.15. The van der Waals surface area contributed by atoms with Gasteiger partial charge in [-0.05, 0) is 24.3 Å². The highest BCUT2D eigenvalue weighted by atomic mass is 35.5. The molecule has 1 aromatic heterocycles. The number of aromatic carboxylic acids is 1. The van der Waals surface area contributed by atoms with E-state index in [0.717, 1.165) is 6.07 Å². The van der Waals surface area contributed by atoms with Crippen LogP contribution in [0.2, 0.25) is 5.02 Å². The molecule has 2 aromatic rings.